The quantitative estimate of drug-likeness (QED) is 0.491. The lowest BCUT2D eigenvalue weighted by Crippen LogP contribution is -2.06. The van der Waals surface area contributed by atoms with Gasteiger partial charge in [0.1, 0.15) is 17.2 Å². The number of hydrogen-bond donors (Lipinski definition) is 1. The SMILES string of the molecule is FC(F)(F)c1ccc(Nc2ncnc(-c3ccc4cccnc4c3)c2Cl)nc1. The lowest BCUT2D eigenvalue weighted by molar-refractivity contribution is -0.137. The van der Waals surface area contributed by atoms with Crippen LogP contribution in [-0.2, 0) is 6.18 Å². The zero-order valence-electron chi connectivity index (χ0n) is 14.1. The molecule has 140 valence electrons. The van der Waals surface area contributed by atoms with E-state index in [1.807, 2.05) is 30.3 Å². The number of halogens is 4. The highest BCUT2D eigenvalue weighted by Crippen LogP contribution is 2.33. The largest absolute Gasteiger partial charge is 0.417 e. The van der Waals surface area contributed by atoms with Gasteiger partial charge in [0.2, 0.25) is 0 Å². The van der Waals surface area contributed by atoms with E-state index in [0.29, 0.717) is 5.69 Å². The van der Waals surface area contributed by atoms with Gasteiger partial charge >= 0.3 is 6.18 Å². The number of aromatic nitrogens is 4. The van der Waals surface area contributed by atoms with Crippen LogP contribution in [0, 0.1) is 0 Å². The highest BCUT2D eigenvalue weighted by Gasteiger charge is 2.30. The predicted octanol–water partition coefficient (Wildman–Crippen LogP) is 5.50. The first-order valence-corrected chi connectivity index (χ1v) is 8.45. The number of pyridine rings is 2. The van der Waals surface area contributed by atoms with Crippen molar-refractivity contribution >= 4 is 34.1 Å². The van der Waals surface area contributed by atoms with Gasteiger partial charge in [-0.3, -0.25) is 4.98 Å². The Labute approximate surface area is 162 Å². The average molecular weight is 402 g/mol. The van der Waals surface area contributed by atoms with Crippen molar-refractivity contribution in [1.82, 2.24) is 19.9 Å². The standard InChI is InChI=1S/C19H11ClF3N5/c20-16-17(12-4-3-11-2-1-7-24-14(11)8-12)26-10-27-18(16)28-15-6-5-13(9-25-15)19(21,22)23/h1-10H,(H,25,26,27,28). The molecular formula is C19H11ClF3N5. The van der Waals surface area contributed by atoms with Gasteiger partial charge in [-0.2, -0.15) is 13.2 Å². The summed E-state index contributed by atoms with van der Waals surface area (Å²) < 4.78 is 38.0. The number of nitrogens with one attached hydrogen (secondary N) is 1. The molecule has 0 unspecified atom stereocenters. The lowest BCUT2D eigenvalue weighted by Gasteiger charge is -2.11. The summed E-state index contributed by atoms with van der Waals surface area (Å²) in [5.41, 5.74) is 1.16. The molecule has 0 aliphatic carbocycles. The summed E-state index contributed by atoms with van der Waals surface area (Å²) in [5.74, 6) is 0.416. The molecule has 9 heteroatoms. The maximum atomic E-state index is 12.7. The molecule has 3 aromatic heterocycles. The first-order valence-electron chi connectivity index (χ1n) is 8.08. The second-order valence-electron chi connectivity index (χ2n) is 5.85. The van der Waals surface area contributed by atoms with Gasteiger partial charge < -0.3 is 5.32 Å². The maximum Gasteiger partial charge on any atom is 0.417 e. The number of anilines is 2. The van der Waals surface area contributed by atoms with E-state index in [1.165, 1.54) is 12.4 Å². The van der Waals surface area contributed by atoms with E-state index in [1.54, 1.807) is 6.20 Å². The van der Waals surface area contributed by atoms with Crippen LogP contribution < -0.4 is 5.32 Å². The maximum absolute atomic E-state index is 12.7. The van der Waals surface area contributed by atoms with E-state index in [4.69, 9.17) is 11.6 Å². The fourth-order valence-corrected chi connectivity index (χ4v) is 2.88. The number of alkyl halides is 3. The number of rotatable bonds is 3. The summed E-state index contributed by atoms with van der Waals surface area (Å²) in [6, 6.07) is 11.5. The molecule has 0 aliphatic heterocycles. The molecule has 1 aromatic carbocycles. The molecule has 4 rings (SSSR count). The van der Waals surface area contributed by atoms with Gasteiger partial charge in [-0.15, -0.1) is 0 Å². The third kappa shape index (κ3) is 3.59. The van der Waals surface area contributed by atoms with Crippen LogP contribution in [0.25, 0.3) is 22.2 Å². The second-order valence-corrected chi connectivity index (χ2v) is 6.23. The van der Waals surface area contributed by atoms with Crippen LogP contribution in [0.4, 0.5) is 24.8 Å². The number of hydrogen-bond acceptors (Lipinski definition) is 5. The van der Waals surface area contributed by atoms with E-state index >= 15 is 0 Å². The Morgan fingerprint density at radius 1 is 0.929 bits per heavy atom. The molecule has 5 nitrogen and oxygen atoms in total. The molecule has 0 saturated carbocycles. The molecular weight excluding hydrogens is 391 g/mol. The molecule has 0 spiro atoms. The third-order valence-electron chi connectivity index (χ3n) is 4.01. The zero-order chi connectivity index (χ0) is 19.7. The minimum absolute atomic E-state index is 0.180. The van der Waals surface area contributed by atoms with Gasteiger partial charge in [-0.1, -0.05) is 29.8 Å². The minimum atomic E-state index is -4.45. The highest BCUT2D eigenvalue weighted by atomic mass is 35.5. The van der Waals surface area contributed by atoms with Gasteiger partial charge in [-0.25, -0.2) is 15.0 Å². The Morgan fingerprint density at radius 2 is 1.79 bits per heavy atom. The normalized spacial score (nSPS) is 11.6. The van der Waals surface area contributed by atoms with Crippen LogP contribution in [-0.4, -0.2) is 19.9 Å². The van der Waals surface area contributed by atoms with Gasteiger partial charge in [-0.05, 0) is 24.3 Å². The van der Waals surface area contributed by atoms with Gasteiger partial charge in [0.15, 0.2) is 5.82 Å². The van der Waals surface area contributed by atoms with Crippen molar-refractivity contribution in [2.45, 2.75) is 6.18 Å². The third-order valence-corrected chi connectivity index (χ3v) is 4.36. The van der Waals surface area contributed by atoms with E-state index in [9.17, 15) is 13.2 Å². The van der Waals surface area contributed by atoms with Gasteiger partial charge in [0, 0.05) is 23.3 Å². The van der Waals surface area contributed by atoms with Crippen LogP contribution in [0.5, 0.6) is 0 Å². The van der Waals surface area contributed by atoms with E-state index in [-0.39, 0.29) is 16.7 Å². The first kappa shape index (κ1) is 18.1. The Bertz CT molecular complexity index is 1150. The molecule has 28 heavy (non-hydrogen) atoms. The number of nitrogens with zero attached hydrogens (tertiary/aromatic N) is 4. The summed E-state index contributed by atoms with van der Waals surface area (Å²) in [6.45, 7) is 0. The van der Waals surface area contributed by atoms with E-state index < -0.39 is 11.7 Å². The molecule has 0 amide bonds. The van der Waals surface area contributed by atoms with Gasteiger partial charge in [0.25, 0.3) is 0 Å². The van der Waals surface area contributed by atoms with Crippen LogP contribution in [0.15, 0.2) is 61.2 Å². The van der Waals surface area contributed by atoms with Crippen molar-refractivity contribution in [3.63, 3.8) is 0 Å². The topological polar surface area (TPSA) is 63.6 Å². The monoisotopic (exact) mass is 401 g/mol. The Balaban J connectivity index is 1.66. The van der Waals surface area contributed by atoms with Crippen LogP contribution in [0.1, 0.15) is 5.56 Å². The van der Waals surface area contributed by atoms with E-state index in [2.05, 4.69) is 25.3 Å². The molecule has 0 saturated heterocycles. The summed E-state index contributed by atoms with van der Waals surface area (Å²) >= 11 is 6.43. The zero-order valence-corrected chi connectivity index (χ0v) is 14.8. The van der Waals surface area contributed by atoms with Crippen LogP contribution in [0.2, 0.25) is 5.02 Å². The summed E-state index contributed by atoms with van der Waals surface area (Å²) in [7, 11) is 0. The molecule has 4 aromatic rings. The molecule has 0 radical (unpaired) electrons. The fraction of sp³-hybridized carbons (Fsp3) is 0.0526. The molecule has 1 N–H and O–H groups in total. The highest BCUT2D eigenvalue weighted by molar-refractivity contribution is 6.35. The van der Waals surface area contributed by atoms with Crippen molar-refractivity contribution in [2.24, 2.45) is 0 Å². The first-order chi connectivity index (χ1) is 13.4. The molecule has 0 bridgehead atoms. The lowest BCUT2D eigenvalue weighted by atomic mass is 10.1. The molecule has 0 fully saturated rings. The van der Waals surface area contributed by atoms with E-state index in [0.717, 1.165) is 28.7 Å². The number of benzene rings is 1. The molecule has 3 heterocycles. The fourth-order valence-electron chi connectivity index (χ4n) is 2.63. The van der Waals surface area contributed by atoms with Crippen molar-refractivity contribution in [1.29, 1.82) is 0 Å². The Hall–Kier alpha value is -3.26. The van der Waals surface area contributed by atoms with Crippen molar-refractivity contribution in [2.75, 3.05) is 5.32 Å². The minimum Gasteiger partial charge on any atom is -0.324 e. The Kier molecular flexibility index (Phi) is 4.56. The van der Waals surface area contributed by atoms with Gasteiger partial charge in [0.05, 0.1) is 16.8 Å². The van der Waals surface area contributed by atoms with Crippen molar-refractivity contribution in [3.05, 3.63) is 71.8 Å². The second kappa shape index (κ2) is 7.05. The molecule has 0 atom stereocenters. The van der Waals surface area contributed by atoms with Crippen molar-refractivity contribution < 1.29 is 13.2 Å². The summed E-state index contributed by atoms with van der Waals surface area (Å²) in [5, 5.41) is 4.02. The predicted molar refractivity (Wildman–Crippen MR) is 100 cm³/mol. The van der Waals surface area contributed by atoms with Crippen LogP contribution >= 0.6 is 11.6 Å². The molecule has 0 aliphatic rings. The summed E-state index contributed by atoms with van der Waals surface area (Å²) in [6.07, 6.45) is -0.698. The van der Waals surface area contributed by atoms with Crippen LogP contribution in [0.3, 0.4) is 0 Å². The summed E-state index contributed by atoms with van der Waals surface area (Å²) in [4.78, 5) is 16.4. The smallest absolute Gasteiger partial charge is 0.324 e. The Morgan fingerprint density at radius 3 is 2.54 bits per heavy atom. The van der Waals surface area contributed by atoms with Crippen molar-refractivity contribution in [3.8, 4) is 11.3 Å². The number of fused-ring (bicyclic) bond motifs is 1. The average Bonchev–Trinajstić information content (AvgIpc) is 2.69.